The molecule has 0 aliphatic carbocycles. The van der Waals surface area contributed by atoms with Gasteiger partial charge in [-0.15, -0.1) is 12.4 Å². The Morgan fingerprint density at radius 1 is 1.50 bits per heavy atom. The van der Waals surface area contributed by atoms with Crippen molar-refractivity contribution in [2.45, 2.75) is 13.3 Å². The van der Waals surface area contributed by atoms with E-state index in [9.17, 15) is 9.36 Å². The van der Waals surface area contributed by atoms with Crippen LogP contribution in [0.4, 0.5) is 0 Å². The Hall–Kier alpha value is 0.650. The Bertz CT molecular complexity index is 254. The van der Waals surface area contributed by atoms with Crippen molar-refractivity contribution in [1.29, 1.82) is 0 Å². The van der Waals surface area contributed by atoms with Crippen molar-refractivity contribution < 1.29 is 55.2 Å². The Kier molecular flexibility index (Phi) is 12.8. The molecule has 0 aromatic heterocycles. The van der Waals surface area contributed by atoms with Gasteiger partial charge in [-0.1, -0.05) is 6.08 Å². The van der Waals surface area contributed by atoms with Crippen molar-refractivity contribution in [3.05, 3.63) is 11.6 Å². The average Bonchev–Trinajstić information content (AvgIpc) is 1.84. The quantitative estimate of drug-likeness (QED) is 0.310. The predicted molar refractivity (Wildman–Crippen MR) is 51.3 cm³/mol. The molecule has 0 heterocycles. The van der Waals surface area contributed by atoms with E-state index in [1.807, 2.05) is 0 Å². The van der Waals surface area contributed by atoms with E-state index in [2.05, 4.69) is 0 Å². The minimum atomic E-state index is -3.99. The summed E-state index contributed by atoms with van der Waals surface area (Å²) in [7, 11) is -3.99. The number of hydrogen-bond acceptors (Lipinski definition) is 2. The summed E-state index contributed by atoms with van der Waals surface area (Å²) in [6.07, 6.45) is 1.07. The molecule has 5 nitrogen and oxygen atoms in total. The first-order valence-corrected chi connectivity index (χ1v) is 5.07. The maximum Gasteiger partial charge on any atom is 1.00 e. The van der Waals surface area contributed by atoms with Crippen LogP contribution in [0.5, 0.6) is 0 Å². The van der Waals surface area contributed by atoms with Crippen molar-refractivity contribution in [1.82, 2.24) is 0 Å². The van der Waals surface area contributed by atoms with E-state index in [-0.39, 0.29) is 61.5 Å². The first kappa shape index (κ1) is 20.1. The zero-order chi connectivity index (χ0) is 9.78. The van der Waals surface area contributed by atoms with Gasteiger partial charge in [0.25, 0.3) is 0 Å². The van der Waals surface area contributed by atoms with Gasteiger partial charge in [-0.3, -0.25) is 4.57 Å². The molecule has 0 saturated carbocycles. The first-order valence-electron chi connectivity index (χ1n) is 3.27. The molecule has 0 amide bonds. The fourth-order valence-electron chi connectivity index (χ4n) is 0.537. The van der Waals surface area contributed by atoms with Crippen molar-refractivity contribution in [2.24, 2.45) is 0 Å². The molecule has 0 aromatic rings. The maximum absolute atomic E-state index is 10.3. The number of carboxylic acid groups (broad SMARTS) is 1. The topological polar surface area (TPSA) is 94.8 Å². The summed E-state index contributed by atoms with van der Waals surface area (Å²) in [5.74, 6) is -1.07. The molecular weight excluding hydrogens is 241 g/mol. The Labute approximate surface area is 112 Å². The molecule has 80 valence electrons. The molecule has 3 N–H and O–H groups in total. The second-order valence-electron chi connectivity index (χ2n) is 2.37. The fourth-order valence-corrected chi connectivity index (χ4v) is 1.00. The number of carboxylic acids is 1. The summed E-state index contributed by atoms with van der Waals surface area (Å²) in [6, 6.07) is 0. The number of rotatable bonds is 4. The van der Waals surface area contributed by atoms with Gasteiger partial charge in [0.2, 0.25) is 0 Å². The zero-order valence-corrected chi connectivity index (χ0v) is 11.7. The molecule has 14 heavy (non-hydrogen) atoms. The molecule has 0 spiro atoms. The van der Waals surface area contributed by atoms with Crippen LogP contribution in [0.3, 0.4) is 0 Å². The predicted octanol–water partition coefficient (Wildman–Crippen LogP) is -1.88. The second kappa shape index (κ2) is 8.92. The number of allylic oxidation sites excluding steroid dienone is 1. The van der Waals surface area contributed by atoms with Crippen LogP contribution >= 0.6 is 20.0 Å². The van der Waals surface area contributed by atoms with E-state index < -0.39 is 13.6 Å². The Balaban J connectivity index is -0.000000202. The van der Waals surface area contributed by atoms with Gasteiger partial charge in [0.05, 0.1) is 6.16 Å². The van der Waals surface area contributed by atoms with Gasteiger partial charge in [-0.05, 0) is 13.3 Å². The Morgan fingerprint density at radius 2 is 1.93 bits per heavy atom. The molecule has 0 atom stereocenters. The molecular formula is C6H13ClNaO5P. The number of carbonyl (C=O) groups is 1. The van der Waals surface area contributed by atoms with Crippen LogP contribution in [-0.4, -0.2) is 27.0 Å². The molecule has 0 fully saturated rings. The minimum absolute atomic E-state index is 0. The third-order valence-electron chi connectivity index (χ3n) is 1.21. The minimum Gasteiger partial charge on any atom is -1.00 e. The van der Waals surface area contributed by atoms with Crippen LogP contribution in [0.2, 0.25) is 0 Å². The van der Waals surface area contributed by atoms with Crippen molar-refractivity contribution >= 4 is 26.0 Å². The molecule has 8 heteroatoms. The molecule has 0 rings (SSSR count). The molecule has 0 aliphatic heterocycles. The summed E-state index contributed by atoms with van der Waals surface area (Å²) in [5, 5.41) is 8.35. The summed E-state index contributed by atoms with van der Waals surface area (Å²) in [6.45, 7) is 1.38. The van der Waals surface area contributed by atoms with Gasteiger partial charge < -0.3 is 16.3 Å². The van der Waals surface area contributed by atoms with Crippen LogP contribution in [0.25, 0.3) is 0 Å². The number of halogens is 1. The zero-order valence-electron chi connectivity index (χ0n) is 9.01. The third kappa shape index (κ3) is 12.7. The number of aliphatic carboxylic acids is 1. The summed E-state index contributed by atoms with van der Waals surface area (Å²) in [5.41, 5.74) is 0.100. The molecule has 0 bridgehead atoms. The van der Waals surface area contributed by atoms with Gasteiger partial charge in [-0.25, -0.2) is 4.79 Å². The summed E-state index contributed by atoms with van der Waals surface area (Å²) >= 11 is 0. The van der Waals surface area contributed by atoms with Gasteiger partial charge in [-0.2, -0.15) is 0 Å². The average molecular weight is 255 g/mol. The maximum atomic E-state index is 10.3. The Morgan fingerprint density at radius 3 is 2.21 bits per heavy atom. The molecule has 0 aromatic carbocycles. The van der Waals surface area contributed by atoms with Gasteiger partial charge >= 0.3 is 43.1 Å². The van der Waals surface area contributed by atoms with Gasteiger partial charge in [0, 0.05) is 5.57 Å². The van der Waals surface area contributed by atoms with E-state index in [0.717, 1.165) is 0 Å². The fraction of sp³-hybridized carbons (Fsp3) is 0.500. The monoisotopic (exact) mass is 254 g/mol. The second-order valence-corrected chi connectivity index (χ2v) is 4.15. The third-order valence-corrected chi connectivity index (χ3v) is 2.05. The summed E-state index contributed by atoms with van der Waals surface area (Å²) < 4.78 is 10.3. The van der Waals surface area contributed by atoms with Gasteiger partial charge in [0.1, 0.15) is 0 Å². The SMILES string of the molecule is CC(=CCCP(=O)(O)O)C(=O)O.Cl.[H-].[Na+]. The number of hydrogen-bond donors (Lipinski definition) is 3. The van der Waals surface area contributed by atoms with E-state index in [1.165, 1.54) is 13.0 Å². The smallest absolute Gasteiger partial charge is 1.00 e. The first-order chi connectivity index (χ1) is 5.33. The van der Waals surface area contributed by atoms with Crippen LogP contribution in [0.1, 0.15) is 14.8 Å². The normalized spacial score (nSPS) is 11.2. The van der Waals surface area contributed by atoms with E-state index in [4.69, 9.17) is 14.9 Å². The van der Waals surface area contributed by atoms with E-state index in [1.54, 1.807) is 0 Å². The molecule has 0 saturated heterocycles. The van der Waals surface area contributed by atoms with Crippen molar-refractivity contribution in [3.8, 4) is 0 Å². The summed E-state index contributed by atoms with van der Waals surface area (Å²) in [4.78, 5) is 27.0. The van der Waals surface area contributed by atoms with E-state index >= 15 is 0 Å². The van der Waals surface area contributed by atoms with Crippen LogP contribution < -0.4 is 29.6 Å². The van der Waals surface area contributed by atoms with Crippen LogP contribution in [-0.2, 0) is 9.36 Å². The van der Waals surface area contributed by atoms with Crippen LogP contribution in [0, 0.1) is 0 Å². The van der Waals surface area contributed by atoms with Crippen molar-refractivity contribution in [3.63, 3.8) is 0 Å². The van der Waals surface area contributed by atoms with Crippen molar-refractivity contribution in [2.75, 3.05) is 6.16 Å². The molecule has 0 aliphatic rings. The van der Waals surface area contributed by atoms with Gasteiger partial charge in [0.15, 0.2) is 0 Å². The van der Waals surface area contributed by atoms with Crippen LogP contribution in [0.15, 0.2) is 11.6 Å². The largest absolute Gasteiger partial charge is 1.00 e. The standard InChI is InChI=1S/C6H11O5P.ClH.Na.H/c1-5(6(7)8)3-2-4-12(9,10)11;;;/h3H,2,4H2,1H3,(H,7,8)(H2,9,10,11);1H;;/q;;+1;-1. The molecule has 0 unspecified atom stereocenters. The van der Waals surface area contributed by atoms with E-state index in [0.29, 0.717) is 0 Å². The molecule has 0 radical (unpaired) electrons.